The second-order valence-corrected chi connectivity index (χ2v) is 6.19. The Balaban J connectivity index is 2.29. The third-order valence-electron chi connectivity index (χ3n) is 3.77. The first-order chi connectivity index (χ1) is 10.3. The first kappa shape index (κ1) is 16.8. The Labute approximate surface area is 140 Å². The first-order valence-corrected chi connectivity index (χ1v) is 7.73. The predicted octanol–water partition coefficient (Wildman–Crippen LogP) is 4.84. The van der Waals surface area contributed by atoms with E-state index in [-0.39, 0.29) is 11.9 Å². The van der Waals surface area contributed by atoms with Crippen LogP contribution in [0.1, 0.15) is 40.3 Å². The standard InChI is InChI=1S/C17H18Cl2N2O/c1-10-5-7-14(11(2)20-10)17(22)21(4)12(3)15-8-6-13(18)9-16(15)19/h5-9,12H,1-4H3. The Kier molecular flexibility index (Phi) is 5.09. The molecule has 1 atom stereocenters. The highest BCUT2D eigenvalue weighted by molar-refractivity contribution is 6.35. The fourth-order valence-electron chi connectivity index (χ4n) is 2.33. The Bertz CT molecular complexity index is 716. The molecule has 0 bridgehead atoms. The Morgan fingerprint density at radius 1 is 1.18 bits per heavy atom. The number of pyridine rings is 1. The summed E-state index contributed by atoms with van der Waals surface area (Å²) in [5.41, 5.74) is 3.08. The van der Waals surface area contributed by atoms with E-state index in [4.69, 9.17) is 23.2 Å². The highest BCUT2D eigenvalue weighted by Crippen LogP contribution is 2.30. The fourth-order valence-corrected chi connectivity index (χ4v) is 2.89. The number of carbonyl (C=O) groups is 1. The number of nitrogens with zero attached hydrogens (tertiary/aromatic N) is 2. The lowest BCUT2D eigenvalue weighted by atomic mass is 10.1. The van der Waals surface area contributed by atoms with E-state index >= 15 is 0 Å². The van der Waals surface area contributed by atoms with E-state index in [1.165, 1.54) is 0 Å². The fraction of sp³-hybridized carbons (Fsp3) is 0.294. The van der Waals surface area contributed by atoms with Gasteiger partial charge in [-0.25, -0.2) is 0 Å². The topological polar surface area (TPSA) is 33.2 Å². The Morgan fingerprint density at radius 3 is 2.45 bits per heavy atom. The summed E-state index contributed by atoms with van der Waals surface area (Å²) < 4.78 is 0. The summed E-state index contributed by atoms with van der Waals surface area (Å²) in [6, 6.07) is 8.79. The third-order valence-corrected chi connectivity index (χ3v) is 4.33. The lowest BCUT2D eigenvalue weighted by molar-refractivity contribution is 0.0741. The van der Waals surface area contributed by atoms with Crippen molar-refractivity contribution in [1.82, 2.24) is 9.88 Å². The number of hydrogen-bond acceptors (Lipinski definition) is 2. The molecule has 116 valence electrons. The van der Waals surface area contributed by atoms with Crippen LogP contribution in [0.25, 0.3) is 0 Å². The second-order valence-electron chi connectivity index (χ2n) is 5.34. The van der Waals surface area contributed by atoms with Crippen molar-refractivity contribution in [1.29, 1.82) is 0 Å². The first-order valence-electron chi connectivity index (χ1n) is 6.97. The largest absolute Gasteiger partial charge is 0.335 e. The molecule has 1 heterocycles. The zero-order valence-electron chi connectivity index (χ0n) is 13.0. The second kappa shape index (κ2) is 6.67. The quantitative estimate of drug-likeness (QED) is 0.803. The molecule has 0 saturated heterocycles. The molecule has 2 aromatic rings. The normalized spacial score (nSPS) is 12.1. The molecule has 0 saturated carbocycles. The maximum Gasteiger partial charge on any atom is 0.255 e. The smallest absolute Gasteiger partial charge is 0.255 e. The van der Waals surface area contributed by atoms with Crippen molar-refractivity contribution in [2.24, 2.45) is 0 Å². The molecule has 1 aromatic heterocycles. The van der Waals surface area contributed by atoms with Gasteiger partial charge in [0.2, 0.25) is 0 Å². The molecular weight excluding hydrogens is 319 g/mol. The summed E-state index contributed by atoms with van der Waals surface area (Å²) in [4.78, 5) is 18.7. The molecule has 0 aliphatic rings. The summed E-state index contributed by atoms with van der Waals surface area (Å²) >= 11 is 12.2. The van der Waals surface area contributed by atoms with E-state index in [9.17, 15) is 4.79 Å². The highest BCUT2D eigenvalue weighted by atomic mass is 35.5. The van der Waals surface area contributed by atoms with Crippen LogP contribution in [0.15, 0.2) is 30.3 Å². The maximum atomic E-state index is 12.7. The highest BCUT2D eigenvalue weighted by Gasteiger charge is 2.22. The van der Waals surface area contributed by atoms with Gasteiger partial charge in [0.05, 0.1) is 17.3 Å². The van der Waals surface area contributed by atoms with E-state index in [1.807, 2.05) is 39.0 Å². The van der Waals surface area contributed by atoms with Gasteiger partial charge in [0.25, 0.3) is 5.91 Å². The van der Waals surface area contributed by atoms with Crippen LogP contribution in [-0.4, -0.2) is 22.8 Å². The molecular formula is C17H18Cl2N2O. The molecule has 0 fully saturated rings. The summed E-state index contributed by atoms with van der Waals surface area (Å²) in [5.74, 6) is -0.0801. The zero-order chi connectivity index (χ0) is 16.4. The van der Waals surface area contributed by atoms with Gasteiger partial charge in [0.15, 0.2) is 0 Å². The minimum atomic E-state index is -0.169. The van der Waals surface area contributed by atoms with Crippen LogP contribution in [0, 0.1) is 13.8 Å². The molecule has 1 aromatic carbocycles. The number of halogens is 2. The van der Waals surface area contributed by atoms with Crippen LogP contribution in [-0.2, 0) is 0 Å². The van der Waals surface area contributed by atoms with Crippen molar-refractivity contribution in [3.8, 4) is 0 Å². The van der Waals surface area contributed by atoms with Gasteiger partial charge in [-0.1, -0.05) is 29.3 Å². The molecule has 1 amide bonds. The Hall–Kier alpha value is -1.58. The average molecular weight is 337 g/mol. The zero-order valence-corrected chi connectivity index (χ0v) is 14.5. The van der Waals surface area contributed by atoms with E-state index in [0.29, 0.717) is 15.6 Å². The van der Waals surface area contributed by atoms with Gasteiger partial charge in [-0.05, 0) is 50.6 Å². The number of carbonyl (C=O) groups excluding carboxylic acids is 1. The van der Waals surface area contributed by atoms with Gasteiger partial charge in [0, 0.05) is 22.8 Å². The van der Waals surface area contributed by atoms with Crippen molar-refractivity contribution in [3.05, 3.63) is 62.9 Å². The van der Waals surface area contributed by atoms with Crippen molar-refractivity contribution in [2.75, 3.05) is 7.05 Å². The van der Waals surface area contributed by atoms with E-state index < -0.39 is 0 Å². The minimum absolute atomic E-state index is 0.0801. The van der Waals surface area contributed by atoms with E-state index in [0.717, 1.165) is 17.0 Å². The maximum absolute atomic E-state index is 12.7. The monoisotopic (exact) mass is 336 g/mol. The van der Waals surface area contributed by atoms with Gasteiger partial charge in [-0.2, -0.15) is 0 Å². The molecule has 0 aliphatic carbocycles. The summed E-state index contributed by atoms with van der Waals surface area (Å²) in [7, 11) is 1.76. The molecule has 5 heteroatoms. The number of aryl methyl sites for hydroxylation is 2. The van der Waals surface area contributed by atoms with Crippen LogP contribution in [0.3, 0.4) is 0 Å². The van der Waals surface area contributed by atoms with Gasteiger partial charge in [-0.15, -0.1) is 0 Å². The Morgan fingerprint density at radius 2 is 1.86 bits per heavy atom. The number of amides is 1. The van der Waals surface area contributed by atoms with Crippen molar-refractivity contribution in [3.63, 3.8) is 0 Å². The average Bonchev–Trinajstić information content (AvgIpc) is 2.45. The molecule has 0 N–H and O–H groups in total. The predicted molar refractivity (Wildman–Crippen MR) is 90.7 cm³/mol. The number of aromatic nitrogens is 1. The molecule has 0 spiro atoms. The van der Waals surface area contributed by atoms with Crippen molar-refractivity contribution >= 4 is 29.1 Å². The minimum Gasteiger partial charge on any atom is -0.335 e. The van der Waals surface area contributed by atoms with E-state index in [1.54, 1.807) is 24.1 Å². The van der Waals surface area contributed by atoms with Crippen LogP contribution in [0.4, 0.5) is 0 Å². The molecule has 2 rings (SSSR count). The van der Waals surface area contributed by atoms with Gasteiger partial charge < -0.3 is 4.90 Å². The molecule has 0 radical (unpaired) electrons. The van der Waals surface area contributed by atoms with Crippen LogP contribution >= 0.6 is 23.2 Å². The van der Waals surface area contributed by atoms with E-state index in [2.05, 4.69) is 4.98 Å². The molecule has 3 nitrogen and oxygen atoms in total. The van der Waals surface area contributed by atoms with Gasteiger partial charge in [0.1, 0.15) is 0 Å². The van der Waals surface area contributed by atoms with Crippen LogP contribution in [0.5, 0.6) is 0 Å². The third kappa shape index (κ3) is 3.42. The van der Waals surface area contributed by atoms with Gasteiger partial charge in [-0.3, -0.25) is 9.78 Å². The van der Waals surface area contributed by atoms with Crippen molar-refractivity contribution in [2.45, 2.75) is 26.8 Å². The van der Waals surface area contributed by atoms with Crippen LogP contribution < -0.4 is 0 Å². The summed E-state index contributed by atoms with van der Waals surface area (Å²) in [6.07, 6.45) is 0. The number of rotatable bonds is 3. The van der Waals surface area contributed by atoms with Crippen molar-refractivity contribution < 1.29 is 4.79 Å². The number of benzene rings is 1. The lowest BCUT2D eigenvalue weighted by Gasteiger charge is -2.26. The number of hydrogen-bond donors (Lipinski definition) is 0. The molecule has 0 aliphatic heterocycles. The molecule has 1 unspecified atom stereocenters. The summed E-state index contributed by atoms with van der Waals surface area (Å²) in [6.45, 7) is 5.68. The van der Waals surface area contributed by atoms with Gasteiger partial charge >= 0.3 is 0 Å². The van der Waals surface area contributed by atoms with Crippen LogP contribution in [0.2, 0.25) is 10.0 Å². The SMILES string of the molecule is Cc1ccc(C(=O)N(C)C(C)c2ccc(Cl)cc2Cl)c(C)n1. The summed E-state index contributed by atoms with van der Waals surface area (Å²) in [5, 5.41) is 1.13. The lowest BCUT2D eigenvalue weighted by Crippen LogP contribution is -2.30. The molecule has 22 heavy (non-hydrogen) atoms.